The smallest absolute Gasteiger partial charge is 0.192 e. The quantitative estimate of drug-likeness (QED) is 0.185. The van der Waals surface area contributed by atoms with Crippen LogP contribution in [0.5, 0.6) is 0 Å². The Kier molecular flexibility index (Phi) is 13.8. The van der Waals surface area contributed by atoms with Crippen LogP contribution in [0.3, 0.4) is 0 Å². The van der Waals surface area contributed by atoms with E-state index >= 15 is 0 Å². The Balaban J connectivity index is 4.37. The van der Waals surface area contributed by atoms with Gasteiger partial charge in [-0.15, -0.1) is 6.58 Å². The average molecular weight is 299 g/mol. The van der Waals surface area contributed by atoms with Crippen LogP contribution < -0.4 is 0 Å². The Labute approximate surface area is 129 Å². The molecule has 0 radical (unpaired) electrons. The van der Waals surface area contributed by atoms with Gasteiger partial charge >= 0.3 is 0 Å². The summed E-state index contributed by atoms with van der Waals surface area (Å²) in [5.74, 6) is 0. The van der Waals surface area contributed by atoms with Crippen molar-refractivity contribution in [3.05, 3.63) is 12.7 Å². The molecule has 0 atom stereocenters. The van der Waals surface area contributed by atoms with Gasteiger partial charge in [-0.05, 0) is 37.4 Å². The Bertz CT molecular complexity index is 194. The summed E-state index contributed by atoms with van der Waals surface area (Å²) in [6.07, 6.45) is 13.7. The average Bonchev–Trinajstić information content (AvgIpc) is 2.48. The van der Waals surface area contributed by atoms with Crippen LogP contribution in [-0.2, 0) is 4.43 Å². The molecule has 0 N–H and O–H groups in total. The lowest BCUT2D eigenvalue weighted by Crippen LogP contribution is -2.38. The molecule has 0 aromatic carbocycles. The van der Waals surface area contributed by atoms with Crippen molar-refractivity contribution in [3.63, 3.8) is 0 Å². The molecule has 0 saturated heterocycles. The predicted octanol–water partition coefficient (Wildman–Crippen LogP) is 6.71. The van der Waals surface area contributed by atoms with Gasteiger partial charge in [0.15, 0.2) is 8.32 Å². The SMILES string of the molecule is C=CCCCCO[Si](CCCC)(CCCC)CCCC. The molecule has 2 heteroatoms. The van der Waals surface area contributed by atoms with Crippen molar-refractivity contribution in [3.8, 4) is 0 Å². The number of hydrogen-bond donors (Lipinski definition) is 0. The molecule has 0 aromatic rings. The third kappa shape index (κ3) is 9.76. The lowest BCUT2D eigenvalue weighted by molar-refractivity contribution is 0.284. The van der Waals surface area contributed by atoms with E-state index in [0.29, 0.717) is 0 Å². The molecule has 20 heavy (non-hydrogen) atoms. The lowest BCUT2D eigenvalue weighted by atomic mass is 10.2. The molecule has 0 spiro atoms. The first-order chi connectivity index (χ1) is 9.74. The third-order valence-corrected chi connectivity index (χ3v) is 8.78. The maximum atomic E-state index is 6.59. The standard InChI is InChI=1S/C18H38OSi/c1-5-9-13-14-15-19-20(16-10-6-2,17-11-7-3)18-12-8-4/h5H,1,6-18H2,2-4H3. The summed E-state index contributed by atoms with van der Waals surface area (Å²) in [5.41, 5.74) is 0. The highest BCUT2D eigenvalue weighted by molar-refractivity contribution is 6.73. The van der Waals surface area contributed by atoms with Gasteiger partial charge in [0.1, 0.15) is 0 Å². The second-order valence-electron chi connectivity index (χ2n) is 6.13. The van der Waals surface area contributed by atoms with Gasteiger partial charge in [0.2, 0.25) is 0 Å². The van der Waals surface area contributed by atoms with Gasteiger partial charge in [-0.3, -0.25) is 0 Å². The molecule has 0 fully saturated rings. The second-order valence-corrected chi connectivity index (χ2v) is 10.3. The van der Waals surface area contributed by atoms with E-state index in [2.05, 4.69) is 27.4 Å². The van der Waals surface area contributed by atoms with E-state index in [1.807, 2.05) is 6.08 Å². The van der Waals surface area contributed by atoms with Crippen LogP contribution in [0.15, 0.2) is 12.7 Å². The number of rotatable bonds is 15. The molecule has 120 valence electrons. The van der Waals surface area contributed by atoms with E-state index in [9.17, 15) is 0 Å². The largest absolute Gasteiger partial charge is 0.417 e. The first-order valence-corrected chi connectivity index (χ1v) is 11.5. The summed E-state index contributed by atoms with van der Waals surface area (Å²) in [4.78, 5) is 0. The summed E-state index contributed by atoms with van der Waals surface area (Å²) in [6, 6.07) is 4.18. The van der Waals surface area contributed by atoms with Crippen molar-refractivity contribution in [2.24, 2.45) is 0 Å². The molecule has 1 nitrogen and oxygen atoms in total. The molecular weight excluding hydrogens is 260 g/mol. The molecule has 0 aromatic heterocycles. The number of hydrogen-bond acceptors (Lipinski definition) is 1. The molecule has 0 aliphatic rings. The minimum Gasteiger partial charge on any atom is -0.417 e. The Hall–Kier alpha value is -0.0831. The van der Waals surface area contributed by atoms with Gasteiger partial charge in [-0.25, -0.2) is 0 Å². The van der Waals surface area contributed by atoms with Crippen LogP contribution in [0.25, 0.3) is 0 Å². The van der Waals surface area contributed by atoms with E-state index < -0.39 is 8.32 Å². The summed E-state index contributed by atoms with van der Waals surface area (Å²) in [6.45, 7) is 11.7. The van der Waals surface area contributed by atoms with Crippen molar-refractivity contribution in [1.29, 1.82) is 0 Å². The van der Waals surface area contributed by atoms with E-state index in [-0.39, 0.29) is 0 Å². The van der Waals surface area contributed by atoms with Crippen LogP contribution in [0.4, 0.5) is 0 Å². The maximum Gasteiger partial charge on any atom is 0.192 e. The van der Waals surface area contributed by atoms with Gasteiger partial charge in [0.25, 0.3) is 0 Å². The van der Waals surface area contributed by atoms with Crippen LogP contribution in [0, 0.1) is 0 Å². The summed E-state index contributed by atoms with van der Waals surface area (Å²) in [7, 11) is -1.44. The normalized spacial score (nSPS) is 11.8. The minimum absolute atomic E-state index is 0.997. The highest BCUT2D eigenvalue weighted by Crippen LogP contribution is 2.29. The zero-order valence-corrected chi connectivity index (χ0v) is 15.4. The first kappa shape index (κ1) is 19.9. The van der Waals surface area contributed by atoms with Crippen molar-refractivity contribution in [2.45, 2.75) is 96.7 Å². The van der Waals surface area contributed by atoms with Gasteiger partial charge in [0, 0.05) is 6.61 Å². The van der Waals surface area contributed by atoms with Crippen LogP contribution >= 0.6 is 0 Å². The molecule has 0 heterocycles. The predicted molar refractivity (Wildman–Crippen MR) is 94.9 cm³/mol. The molecule has 0 unspecified atom stereocenters. The number of unbranched alkanes of at least 4 members (excludes halogenated alkanes) is 5. The minimum atomic E-state index is -1.44. The van der Waals surface area contributed by atoms with Gasteiger partial charge < -0.3 is 4.43 Å². The topological polar surface area (TPSA) is 9.23 Å². The molecule has 0 aliphatic heterocycles. The zero-order valence-electron chi connectivity index (χ0n) is 14.4. The Morgan fingerprint density at radius 2 is 1.30 bits per heavy atom. The summed E-state index contributed by atoms with van der Waals surface area (Å²) in [5, 5.41) is 0. The summed E-state index contributed by atoms with van der Waals surface area (Å²) >= 11 is 0. The highest BCUT2D eigenvalue weighted by Gasteiger charge is 2.32. The van der Waals surface area contributed by atoms with Crippen molar-refractivity contribution in [1.82, 2.24) is 0 Å². The lowest BCUT2D eigenvalue weighted by Gasteiger charge is -2.32. The molecule has 0 amide bonds. The van der Waals surface area contributed by atoms with Crippen molar-refractivity contribution in [2.75, 3.05) is 6.61 Å². The molecule has 0 rings (SSSR count). The van der Waals surface area contributed by atoms with Crippen LogP contribution in [0.2, 0.25) is 18.1 Å². The Morgan fingerprint density at radius 3 is 1.70 bits per heavy atom. The Morgan fingerprint density at radius 1 is 0.800 bits per heavy atom. The van der Waals surface area contributed by atoms with Gasteiger partial charge in [-0.2, -0.15) is 0 Å². The second kappa shape index (κ2) is 13.9. The van der Waals surface area contributed by atoms with Crippen LogP contribution in [0.1, 0.15) is 78.6 Å². The fraction of sp³-hybridized carbons (Fsp3) is 0.889. The maximum absolute atomic E-state index is 6.59. The molecule has 0 bridgehead atoms. The highest BCUT2D eigenvalue weighted by atomic mass is 28.4. The fourth-order valence-corrected chi connectivity index (χ4v) is 7.52. The molecular formula is C18H38OSi. The van der Waals surface area contributed by atoms with E-state index in [0.717, 1.165) is 13.0 Å². The van der Waals surface area contributed by atoms with Gasteiger partial charge in [0.05, 0.1) is 0 Å². The van der Waals surface area contributed by atoms with Crippen molar-refractivity contribution >= 4 is 8.32 Å². The molecule has 0 aliphatic carbocycles. The fourth-order valence-electron chi connectivity index (χ4n) is 2.77. The van der Waals surface area contributed by atoms with Gasteiger partial charge in [-0.1, -0.05) is 65.4 Å². The van der Waals surface area contributed by atoms with Crippen molar-refractivity contribution < 1.29 is 4.43 Å². The summed E-state index contributed by atoms with van der Waals surface area (Å²) < 4.78 is 6.59. The zero-order chi connectivity index (χ0) is 15.1. The number of allylic oxidation sites excluding steroid dienone is 1. The monoisotopic (exact) mass is 298 g/mol. The van der Waals surface area contributed by atoms with E-state index in [4.69, 9.17) is 4.43 Å². The molecule has 0 saturated carbocycles. The van der Waals surface area contributed by atoms with E-state index in [1.165, 1.54) is 69.5 Å². The van der Waals surface area contributed by atoms with Crippen LogP contribution in [-0.4, -0.2) is 14.9 Å². The first-order valence-electron chi connectivity index (χ1n) is 8.99. The third-order valence-electron chi connectivity index (χ3n) is 4.17. The van der Waals surface area contributed by atoms with E-state index in [1.54, 1.807) is 0 Å².